The van der Waals surface area contributed by atoms with Crippen molar-refractivity contribution in [3.8, 4) is 11.5 Å². The number of aromatic nitrogens is 1. The first-order valence-electron chi connectivity index (χ1n) is 10.9. The molecule has 0 atom stereocenters. The molecule has 177 valence electrons. The summed E-state index contributed by atoms with van der Waals surface area (Å²) in [4.78, 5) is 8.69. The Morgan fingerprint density at radius 1 is 0.727 bits per heavy atom. The maximum atomic E-state index is 12.0. The summed E-state index contributed by atoms with van der Waals surface area (Å²) >= 11 is 0. The summed E-state index contributed by atoms with van der Waals surface area (Å²) in [5, 5.41) is 23.9. The van der Waals surface area contributed by atoms with Gasteiger partial charge in [-0.05, 0) is 47.9 Å². The monoisotopic (exact) mass is 489 g/mol. The molecule has 1 radical (unpaired) electrons. The molecule has 1 aromatic heterocycles. The summed E-state index contributed by atoms with van der Waals surface area (Å²) in [5.74, 6) is -0.695. The molecule has 2 aromatic carbocycles. The van der Waals surface area contributed by atoms with E-state index in [0.717, 1.165) is 11.4 Å². The van der Waals surface area contributed by atoms with E-state index in [2.05, 4.69) is 36.0 Å². The van der Waals surface area contributed by atoms with Crippen LogP contribution in [0.3, 0.4) is 0 Å². The number of hydrogen-bond acceptors (Lipinski definition) is 4. The van der Waals surface area contributed by atoms with E-state index in [1.807, 2.05) is 65.8 Å². The molecule has 0 saturated carbocycles. The fourth-order valence-electron chi connectivity index (χ4n) is 3.34. The van der Waals surface area contributed by atoms with Crippen molar-refractivity contribution in [3.63, 3.8) is 0 Å². The van der Waals surface area contributed by atoms with E-state index in [0.29, 0.717) is 11.1 Å². The molecule has 0 amide bonds. The minimum absolute atomic E-state index is 0. The predicted octanol–water partition coefficient (Wildman–Crippen LogP) is 5.88. The molecule has 3 aromatic rings. The van der Waals surface area contributed by atoms with Gasteiger partial charge in [-0.2, -0.15) is 0 Å². The van der Waals surface area contributed by atoms with Crippen LogP contribution in [0.4, 0.5) is 5.69 Å². The number of hydrogen-bond donors (Lipinski definition) is 0. The van der Waals surface area contributed by atoms with E-state index in [-0.39, 0.29) is 39.1 Å². The van der Waals surface area contributed by atoms with Gasteiger partial charge in [0, 0.05) is 6.20 Å². The quantitative estimate of drug-likeness (QED) is 0.423. The van der Waals surface area contributed by atoms with Gasteiger partial charge in [0.05, 0.1) is 17.6 Å². The van der Waals surface area contributed by atoms with Crippen molar-refractivity contribution in [3.05, 3.63) is 82.7 Å². The molecule has 0 bridgehead atoms. The van der Waals surface area contributed by atoms with Gasteiger partial charge in [-0.1, -0.05) is 89.1 Å². The number of rotatable bonds is 2. The smallest absolute Gasteiger partial charge is 0.873 e. The molecule has 0 saturated heterocycles. The summed E-state index contributed by atoms with van der Waals surface area (Å²) in [5.41, 5.74) is 4.95. The largest absolute Gasteiger partial charge is 2.00 e. The Labute approximate surface area is 209 Å². The number of benzene rings is 2. The maximum Gasteiger partial charge on any atom is 2.00 e. The van der Waals surface area contributed by atoms with Crippen molar-refractivity contribution in [1.82, 2.24) is 4.98 Å². The van der Waals surface area contributed by atoms with Crippen LogP contribution in [0.25, 0.3) is 0 Å². The Morgan fingerprint density at radius 2 is 1.21 bits per heavy atom. The van der Waals surface area contributed by atoms with Gasteiger partial charge in [-0.25, -0.2) is 0 Å². The Bertz CT molecular complexity index is 1020. The Morgan fingerprint density at radius 3 is 1.61 bits per heavy atom. The van der Waals surface area contributed by atoms with Crippen LogP contribution in [-0.2, 0) is 27.6 Å². The third-order valence-corrected chi connectivity index (χ3v) is 5.18. The van der Waals surface area contributed by atoms with Crippen molar-refractivity contribution < 1.29 is 27.0 Å². The molecule has 33 heavy (non-hydrogen) atoms. The van der Waals surface area contributed by atoms with Gasteiger partial charge in [-0.3, -0.25) is 9.98 Å². The predicted molar refractivity (Wildman–Crippen MR) is 130 cm³/mol. The first-order chi connectivity index (χ1) is 14.8. The van der Waals surface area contributed by atoms with E-state index in [9.17, 15) is 10.2 Å². The number of aryl methyl sites for hydroxylation is 2. The third-order valence-electron chi connectivity index (χ3n) is 5.18. The molecule has 0 aliphatic carbocycles. The van der Waals surface area contributed by atoms with Crippen molar-refractivity contribution in [1.29, 1.82) is 0 Å². The molecule has 0 fully saturated rings. The summed E-state index contributed by atoms with van der Waals surface area (Å²) in [6.07, 6.45) is 3.57. The van der Waals surface area contributed by atoms with E-state index < -0.39 is 0 Å². The van der Waals surface area contributed by atoms with Gasteiger partial charge in [0.2, 0.25) is 0 Å². The van der Waals surface area contributed by atoms with Crippen LogP contribution >= 0.6 is 0 Å². The first kappa shape index (κ1) is 28.4. The average molecular weight is 490 g/mol. The summed E-state index contributed by atoms with van der Waals surface area (Å²) in [6.45, 7) is 15.8. The maximum absolute atomic E-state index is 12.0. The SMILES string of the molecule is CC(C)(C)c1ccc(C(C)(C)C)c([O-])c1[O-].Cc1cccc(C)c1N=Cc1ccccn1.[Co+2]. The van der Waals surface area contributed by atoms with Crippen LogP contribution in [0.15, 0.2) is 59.7 Å². The van der Waals surface area contributed by atoms with E-state index in [4.69, 9.17) is 0 Å². The number of nitrogens with zero attached hydrogens (tertiary/aromatic N) is 2. The van der Waals surface area contributed by atoms with Crippen LogP contribution < -0.4 is 10.2 Å². The number of pyridine rings is 1. The van der Waals surface area contributed by atoms with Gasteiger partial charge in [-0.15, -0.1) is 11.5 Å². The molecule has 5 heteroatoms. The van der Waals surface area contributed by atoms with Crippen LogP contribution in [0.5, 0.6) is 11.5 Å². The summed E-state index contributed by atoms with van der Waals surface area (Å²) in [6, 6.07) is 15.6. The molecule has 0 aliphatic rings. The number of para-hydroxylation sites is 1. The molecule has 0 spiro atoms. The van der Waals surface area contributed by atoms with Crippen LogP contribution in [0, 0.1) is 13.8 Å². The van der Waals surface area contributed by atoms with Crippen molar-refractivity contribution in [2.75, 3.05) is 0 Å². The molecule has 0 N–H and O–H groups in total. The number of aliphatic imine (C=N–C) groups is 1. The molecule has 0 unspecified atom stereocenters. The first-order valence-corrected chi connectivity index (χ1v) is 10.9. The van der Waals surface area contributed by atoms with Crippen molar-refractivity contribution in [2.24, 2.45) is 4.99 Å². The molecule has 0 aliphatic heterocycles. The second kappa shape index (κ2) is 11.5. The molecular formula is C28H34CoN2O2. The van der Waals surface area contributed by atoms with Gasteiger partial charge in [0.15, 0.2) is 0 Å². The van der Waals surface area contributed by atoms with Crippen LogP contribution in [-0.4, -0.2) is 11.2 Å². The topological polar surface area (TPSA) is 71.4 Å². The van der Waals surface area contributed by atoms with Crippen LogP contribution in [0.2, 0.25) is 0 Å². The molecule has 3 rings (SSSR count). The van der Waals surface area contributed by atoms with E-state index in [1.165, 1.54) is 11.1 Å². The summed E-state index contributed by atoms with van der Waals surface area (Å²) in [7, 11) is 0. The van der Waals surface area contributed by atoms with E-state index in [1.54, 1.807) is 24.5 Å². The van der Waals surface area contributed by atoms with Crippen molar-refractivity contribution >= 4 is 11.9 Å². The van der Waals surface area contributed by atoms with Gasteiger partial charge in [0.25, 0.3) is 0 Å². The standard InChI is InChI=1S/C14H14N2.C14H22O2.Co/c1-11-6-5-7-12(2)14(11)16-10-13-8-3-4-9-15-13;1-13(2,3)9-7-8-10(14(4,5)6)12(16)11(9)15;/h3-10H,1-2H3;7-8,15-16H,1-6H3;/q;;+2/p-2. The molecular weight excluding hydrogens is 455 g/mol. The van der Waals surface area contributed by atoms with Gasteiger partial charge < -0.3 is 10.2 Å². The average Bonchev–Trinajstić information content (AvgIpc) is 2.69. The molecule has 4 nitrogen and oxygen atoms in total. The van der Waals surface area contributed by atoms with Crippen LogP contribution in [0.1, 0.15) is 69.5 Å². The minimum Gasteiger partial charge on any atom is -0.873 e. The normalized spacial score (nSPS) is 11.5. The Hall–Kier alpha value is -2.63. The summed E-state index contributed by atoms with van der Waals surface area (Å²) < 4.78 is 0. The molecule has 1 heterocycles. The fraction of sp³-hybridized carbons (Fsp3) is 0.357. The van der Waals surface area contributed by atoms with Gasteiger partial charge >= 0.3 is 16.8 Å². The fourth-order valence-corrected chi connectivity index (χ4v) is 3.34. The van der Waals surface area contributed by atoms with Gasteiger partial charge in [0.1, 0.15) is 0 Å². The zero-order valence-electron chi connectivity index (χ0n) is 20.8. The van der Waals surface area contributed by atoms with Crippen molar-refractivity contribution in [2.45, 2.75) is 66.2 Å². The van der Waals surface area contributed by atoms with E-state index >= 15 is 0 Å². The third kappa shape index (κ3) is 7.72. The zero-order chi connectivity index (χ0) is 24.1. The Kier molecular flexibility index (Phi) is 9.88. The minimum atomic E-state index is -0.347. The Balaban J connectivity index is 0.000000320. The second-order valence-electron chi connectivity index (χ2n) is 10.1. The second-order valence-corrected chi connectivity index (χ2v) is 10.1. The zero-order valence-corrected chi connectivity index (χ0v) is 21.9.